The molecule has 0 aliphatic carbocycles. The molecule has 17 heavy (non-hydrogen) atoms. The number of rotatable bonds is 4. The SMILES string of the molecule is NCCc1csc(-c2ccccc2[N+](=O)[O-])c1. The van der Waals surface area contributed by atoms with E-state index in [4.69, 9.17) is 5.73 Å². The molecule has 0 aliphatic rings. The van der Waals surface area contributed by atoms with Crippen molar-refractivity contribution in [3.05, 3.63) is 51.4 Å². The molecule has 0 aliphatic heterocycles. The fourth-order valence-electron chi connectivity index (χ4n) is 1.66. The van der Waals surface area contributed by atoms with Gasteiger partial charge in [-0.05, 0) is 36.0 Å². The molecule has 0 atom stereocenters. The van der Waals surface area contributed by atoms with E-state index in [1.165, 1.54) is 17.4 Å². The number of nitrogens with zero attached hydrogens (tertiary/aromatic N) is 1. The maximum Gasteiger partial charge on any atom is 0.278 e. The molecule has 2 rings (SSSR count). The molecule has 88 valence electrons. The fourth-order valence-corrected chi connectivity index (χ4v) is 2.64. The van der Waals surface area contributed by atoms with Gasteiger partial charge in [-0.2, -0.15) is 0 Å². The third kappa shape index (κ3) is 2.51. The highest BCUT2D eigenvalue weighted by atomic mass is 32.1. The summed E-state index contributed by atoms with van der Waals surface area (Å²) in [7, 11) is 0. The predicted octanol–water partition coefficient (Wildman–Crippen LogP) is 2.82. The van der Waals surface area contributed by atoms with Crippen molar-refractivity contribution in [2.75, 3.05) is 6.54 Å². The smallest absolute Gasteiger partial charge is 0.278 e. The van der Waals surface area contributed by atoms with E-state index in [2.05, 4.69) is 0 Å². The van der Waals surface area contributed by atoms with E-state index in [1.54, 1.807) is 12.1 Å². The summed E-state index contributed by atoms with van der Waals surface area (Å²) >= 11 is 1.51. The van der Waals surface area contributed by atoms with Gasteiger partial charge in [0.05, 0.1) is 10.5 Å². The second-order valence-corrected chi connectivity index (χ2v) is 4.54. The lowest BCUT2D eigenvalue weighted by Crippen LogP contribution is -2.01. The van der Waals surface area contributed by atoms with Crippen LogP contribution < -0.4 is 5.73 Å². The lowest BCUT2D eigenvalue weighted by Gasteiger charge is -1.98. The van der Waals surface area contributed by atoms with E-state index in [0.29, 0.717) is 12.1 Å². The van der Waals surface area contributed by atoms with E-state index < -0.39 is 0 Å². The largest absolute Gasteiger partial charge is 0.330 e. The second kappa shape index (κ2) is 5.07. The molecule has 0 fully saturated rings. The second-order valence-electron chi connectivity index (χ2n) is 3.63. The van der Waals surface area contributed by atoms with Gasteiger partial charge in [-0.1, -0.05) is 12.1 Å². The third-order valence-corrected chi connectivity index (χ3v) is 3.47. The molecule has 0 saturated heterocycles. The maximum absolute atomic E-state index is 10.9. The molecule has 0 spiro atoms. The first-order valence-electron chi connectivity index (χ1n) is 5.23. The number of hydrogen-bond acceptors (Lipinski definition) is 4. The molecule has 1 aromatic heterocycles. The zero-order valence-corrected chi connectivity index (χ0v) is 9.94. The van der Waals surface area contributed by atoms with Crippen LogP contribution in [0.1, 0.15) is 5.56 Å². The maximum atomic E-state index is 10.9. The van der Waals surface area contributed by atoms with E-state index in [0.717, 1.165) is 16.9 Å². The summed E-state index contributed by atoms with van der Waals surface area (Å²) in [5.41, 5.74) is 7.43. The normalized spacial score (nSPS) is 10.4. The van der Waals surface area contributed by atoms with Crippen molar-refractivity contribution >= 4 is 17.0 Å². The number of nitro groups is 1. The standard InChI is InChI=1S/C12H12N2O2S/c13-6-5-9-7-12(17-8-9)10-3-1-2-4-11(10)14(15)16/h1-4,7-8H,5-6,13H2. The van der Waals surface area contributed by atoms with Gasteiger partial charge in [-0.25, -0.2) is 0 Å². The van der Waals surface area contributed by atoms with E-state index in [9.17, 15) is 10.1 Å². The van der Waals surface area contributed by atoms with E-state index in [1.807, 2.05) is 17.5 Å². The first-order valence-corrected chi connectivity index (χ1v) is 6.11. The highest BCUT2D eigenvalue weighted by Gasteiger charge is 2.15. The van der Waals surface area contributed by atoms with Crippen LogP contribution in [0.3, 0.4) is 0 Å². The molecule has 5 heteroatoms. The van der Waals surface area contributed by atoms with Gasteiger partial charge in [-0.15, -0.1) is 11.3 Å². The Morgan fingerprint density at radius 3 is 2.82 bits per heavy atom. The first-order chi connectivity index (χ1) is 8.22. The molecule has 0 unspecified atom stereocenters. The van der Waals surface area contributed by atoms with E-state index in [-0.39, 0.29) is 10.6 Å². The van der Waals surface area contributed by atoms with Gasteiger partial charge < -0.3 is 5.73 Å². The lowest BCUT2D eigenvalue weighted by molar-refractivity contribution is -0.384. The Kier molecular flexibility index (Phi) is 3.51. The average Bonchev–Trinajstić information content (AvgIpc) is 2.78. The summed E-state index contributed by atoms with van der Waals surface area (Å²) in [5.74, 6) is 0. The van der Waals surface area contributed by atoms with Crippen LogP contribution in [0, 0.1) is 10.1 Å². The minimum absolute atomic E-state index is 0.147. The van der Waals surface area contributed by atoms with E-state index >= 15 is 0 Å². The highest BCUT2D eigenvalue weighted by molar-refractivity contribution is 7.13. The summed E-state index contributed by atoms with van der Waals surface area (Å²) in [6.07, 6.45) is 0.803. The zero-order chi connectivity index (χ0) is 12.3. The molecule has 2 N–H and O–H groups in total. The molecule has 1 heterocycles. The van der Waals surface area contributed by atoms with Gasteiger partial charge >= 0.3 is 0 Å². The van der Waals surface area contributed by atoms with Crippen molar-refractivity contribution in [1.82, 2.24) is 0 Å². The van der Waals surface area contributed by atoms with Crippen molar-refractivity contribution in [2.45, 2.75) is 6.42 Å². The van der Waals surface area contributed by atoms with Crippen molar-refractivity contribution in [1.29, 1.82) is 0 Å². The van der Waals surface area contributed by atoms with Crippen LogP contribution in [-0.4, -0.2) is 11.5 Å². The van der Waals surface area contributed by atoms with Crippen LogP contribution in [0.5, 0.6) is 0 Å². The van der Waals surface area contributed by atoms with Gasteiger partial charge in [0, 0.05) is 10.9 Å². The Bertz CT molecular complexity index is 537. The molecule has 2 aromatic rings. The van der Waals surface area contributed by atoms with Crippen molar-refractivity contribution in [2.24, 2.45) is 5.73 Å². The first kappa shape index (κ1) is 11.8. The van der Waals surface area contributed by atoms with Gasteiger partial charge in [0.25, 0.3) is 5.69 Å². The lowest BCUT2D eigenvalue weighted by atomic mass is 10.1. The van der Waals surface area contributed by atoms with Crippen LogP contribution in [0.2, 0.25) is 0 Å². The number of thiophene rings is 1. The topological polar surface area (TPSA) is 69.2 Å². The van der Waals surface area contributed by atoms with Crippen LogP contribution >= 0.6 is 11.3 Å². The number of nitro benzene ring substituents is 1. The number of para-hydroxylation sites is 1. The van der Waals surface area contributed by atoms with Crippen molar-refractivity contribution in [3.63, 3.8) is 0 Å². The summed E-state index contributed by atoms with van der Waals surface area (Å²) in [5, 5.41) is 12.9. The number of benzene rings is 1. The average molecular weight is 248 g/mol. The van der Waals surface area contributed by atoms with Crippen LogP contribution in [-0.2, 0) is 6.42 Å². The molecule has 0 amide bonds. The molecular formula is C12H12N2O2S. The van der Waals surface area contributed by atoms with Gasteiger partial charge in [0.2, 0.25) is 0 Å². The van der Waals surface area contributed by atoms with Crippen molar-refractivity contribution in [3.8, 4) is 10.4 Å². The van der Waals surface area contributed by atoms with Crippen LogP contribution in [0.15, 0.2) is 35.7 Å². The summed E-state index contributed by atoms with van der Waals surface area (Å²) in [6, 6.07) is 8.76. The van der Waals surface area contributed by atoms with Gasteiger partial charge in [0.15, 0.2) is 0 Å². The Balaban J connectivity index is 2.41. The Morgan fingerprint density at radius 2 is 2.12 bits per heavy atom. The Hall–Kier alpha value is -1.72. The number of nitrogens with two attached hydrogens (primary N) is 1. The quantitative estimate of drug-likeness (QED) is 0.668. The Morgan fingerprint density at radius 1 is 1.35 bits per heavy atom. The summed E-state index contributed by atoms with van der Waals surface area (Å²) < 4.78 is 0. The van der Waals surface area contributed by atoms with Gasteiger partial charge in [-0.3, -0.25) is 10.1 Å². The Labute approximate surface area is 103 Å². The molecule has 0 radical (unpaired) electrons. The van der Waals surface area contributed by atoms with Gasteiger partial charge in [0.1, 0.15) is 0 Å². The highest BCUT2D eigenvalue weighted by Crippen LogP contribution is 2.34. The molecule has 1 aromatic carbocycles. The monoisotopic (exact) mass is 248 g/mol. The minimum atomic E-state index is -0.350. The minimum Gasteiger partial charge on any atom is -0.330 e. The zero-order valence-electron chi connectivity index (χ0n) is 9.13. The molecule has 0 bridgehead atoms. The third-order valence-electron chi connectivity index (χ3n) is 2.45. The van der Waals surface area contributed by atoms with Crippen LogP contribution in [0.25, 0.3) is 10.4 Å². The van der Waals surface area contributed by atoms with Crippen molar-refractivity contribution < 1.29 is 4.92 Å². The predicted molar refractivity (Wildman–Crippen MR) is 69.2 cm³/mol. The number of hydrogen-bond donors (Lipinski definition) is 1. The molecule has 4 nitrogen and oxygen atoms in total. The summed E-state index contributed by atoms with van der Waals surface area (Å²) in [4.78, 5) is 11.5. The van der Waals surface area contributed by atoms with Crippen LogP contribution in [0.4, 0.5) is 5.69 Å². The summed E-state index contributed by atoms with van der Waals surface area (Å²) in [6.45, 7) is 0.590. The molecule has 0 saturated carbocycles. The molecular weight excluding hydrogens is 236 g/mol. The fraction of sp³-hybridized carbons (Fsp3) is 0.167.